The Morgan fingerprint density at radius 2 is 1.80 bits per heavy atom. The van der Waals surface area contributed by atoms with E-state index < -0.39 is 12.0 Å². The second-order valence-electron chi connectivity index (χ2n) is 10.7. The molecule has 10 heteroatoms. The SMILES string of the molecule is CCOC(=O)C1=C(C)N=c2s/c(=C/c3ccc(OCC(=O)N4CCCC4)cc3)c(=O)n2[C@H]1c1c(OC)ccc2ccccc12. The van der Waals surface area contributed by atoms with Crippen LogP contribution in [0.4, 0.5) is 0 Å². The molecule has 0 aliphatic carbocycles. The van der Waals surface area contributed by atoms with Crippen molar-refractivity contribution in [1.29, 1.82) is 0 Å². The van der Waals surface area contributed by atoms with Gasteiger partial charge in [-0.25, -0.2) is 9.79 Å². The van der Waals surface area contributed by atoms with E-state index in [-0.39, 0.29) is 24.7 Å². The fourth-order valence-corrected chi connectivity index (χ4v) is 6.86. The van der Waals surface area contributed by atoms with Crippen LogP contribution >= 0.6 is 11.3 Å². The highest BCUT2D eigenvalue weighted by Crippen LogP contribution is 2.40. The number of carbonyl (C=O) groups excluding carboxylic acids is 2. The molecule has 2 aliphatic heterocycles. The Labute approximate surface area is 258 Å². The normalized spacial score (nSPS) is 16.6. The standard InChI is InChI=1S/C34H33N3O6S/c1-4-42-33(40)29-21(2)35-34-37(31(29)30-25-10-6-5-9-23(25)13-16-26(30)41-3)32(39)27(44-34)19-22-11-14-24(15-12-22)43-20-28(38)36-17-7-8-18-36/h5-6,9-16,19,31H,4,7-8,17-18,20H2,1-3H3/b27-19+/t31-/m1/s1. The average Bonchev–Trinajstić information content (AvgIpc) is 3.68. The first-order valence-corrected chi connectivity index (χ1v) is 15.5. The molecular weight excluding hydrogens is 578 g/mol. The summed E-state index contributed by atoms with van der Waals surface area (Å²) in [6.45, 7) is 5.27. The lowest BCUT2D eigenvalue weighted by Gasteiger charge is -2.27. The zero-order chi connectivity index (χ0) is 30.8. The lowest BCUT2D eigenvalue weighted by atomic mass is 9.90. The zero-order valence-electron chi connectivity index (χ0n) is 24.9. The average molecular weight is 612 g/mol. The number of aromatic nitrogens is 1. The minimum absolute atomic E-state index is 0.00225. The first-order chi connectivity index (χ1) is 21.4. The monoisotopic (exact) mass is 611 g/mol. The quantitative estimate of drug-likeness (QED) is 0.280. The van der Waals surface area contributed by atoms with Crippen molar-refractivity contribution in [3.8, 4) is 11.5 Å². The Kier molecular flexibility index (Phi) is 8.34. The maximum absolute atomic E-state index is 14.1. The van der Waals surface area contributed by atoms with Crippen molar-refractivity contribution in [3.05, 3.63) is 103 Å². The van der Waals surface area contributed by atoms with E-state index in [0.29, 0.717) is 37.7 Å². The largest absolute Gasteiger partial charge is 0.496 e. The third-order valence-corrected chi connectivity index (χ3v) is 8.92. The van der Waals surface area contributed by atoms with E-state index in [4.69, 9.17) is 19.2 Å². The third kappa shape index (κ3) is 5.53. The molecule has 0 radical (unpaired) electrons. The maximum Gasteiger partial charge on any atom is 0.338 e. The number of esters is 1. The molecule has 0 N–H and O–H groups in total. The maximum atomic E-state index is 14.1. The molecule has 0 spiro atoms. The highest BCUT2D eigenvalue weighted by molar-refractivity contribution is 7.07. The van der Waals surface area contributed by atoms with Gasteiger partial charge in [0, 0.05) is 18.7 Å². The van der Waals surface area contributed by atoms with Gasteiger partial charge in [-0.2, -0.15) is 0 Å². The molecule has 0 saturated carbocycles. The van der Waals surface area contributed by atoms with Crippen LogP contribution in [0.3, 0.4) is 0 Å². The molecule has 2 aliphatic rings. The van der Waals surface area contributed by atoms with Crippen LogP contribution in [-0.2, 0) is 14.3 Å². The predicted molar refractivity (Wildman–Crippen MR) is 169 cm³/mol. The van der Waals surface area contributed by atoms with Gasteiger partial charge in [-0.3, -0.25) is 14.2 Å². The molecule has 44 heavy (non-hydrogen) atoms. The van der Waals surface area contributed by atoms with Crippen molar-refractivity contribution in [2.45, 2.75) is 32.7 Å². The second kappa shape index (κ2) is 12.5. The number of carbonyl (C=O) groups is 2. The number of hydrogen-bond acceptors (Lipinski definition) is 8. The van der Waals surface area contributed by atoms with Gasteiger partial charge in [-0.15, -0.1) is 0 Å². The van der Waals surface area contributed by atoms with E-state index in [1.54, 1.807) is 43.7 Å². The molecule has 0 unspecified atom stereocenters. The summed E-state index contributed by atoms with van der Waals surface area (Å²) in [6, 6.07) is 18.1. The van der Waals surface area contributed by atoms with Gasteiger partial charge in [0.1, 0.15) is 17.5 Å². The first-order valence-electron chi connectivity index (χ1n) is 14.7. The number of rotatable bonds is 8. The summed E-state index contributed by atoms with van der Waals surface area (Å²) in [7, 11) is 1.58. The van der Waals surface area contributed by atoms with E-state index in [1.807, 2.05) is 53.4 Å². The van der Waals surface area contributed by atoms with Gasteiger partial charge in [0.15, 0.2) is 11.4 Å². The molecule has 1 fully saturated rings. The smallest absolute Gasteiger partial charge is 0.338 e. The number of benzene rings is 3. The van der Waals surface area contributed by atoms with Crippen LogP contribution < -0.4 is 24.4 Å². The lowest BCUT2D eigenvalue weighted by molar-refractivity contribution is -0.139. The minimum atomic E-state index is -0.808. The predicted octanol–water partition coefficient (Wildman–Crippen LogP) is 3.96. The Balaban J connectivity index is 1.41. The fourth-order valence-electron chi connectivity index (χ4n) is 5.81. The van der Waals surface area contributed by atoms with E-state index in [9.17, 15) is 14.4 Å². The van der Waals surface area contributed by atoms with Crippen LogP contribution in [0.1, 0.15) is 43.9 Å². The summed E-state index contributed by atoms with van der Waals surface area (Å²) in [5.41, 5.74) is 1.99. The second-order valence-corrected chi connectivity index (χ2v) is 11.7. The van der Waals surface area contributed by atoms with Crippen LogP contribution in [0.5, 0.6) is 11.5 Å². The Morgan fingerprint density at radius 3 is 2.52 bits per heavy atom. The van der Waals surface area contributed by atoms with Crippen molar-refractivity contribution < 1.29 is 23.8 Å². The van der Waals surface area contributed by atoms with Crippen LogP contribution in [-0.4, -0.2) is 54.8 Å². The molecule has 9 nitrogen and oxygen atoms in total. The Hall–Kier alpha value is -4.70. The number of likely N-dealkylation sites (tertiary alicyclic amines) is 1. The van der Waals surface area contributed by atoms with Crippen LogP contribution in [0, 0.1) is 0 Å². The Bertz CT molecular complexity index is 1950. The summed E-state index contributed by atoms with van der Waals surface area (Å²) in [5, 5.41) is 1.81. The summed E-state index contributed by atoms with van der Waals surface area (Å²) in [4.78, 5) is 46.9. The van der Waals surface area contributed by atoms with Gasteiger partial charge >= 0.3 is 5.97 Å². The zero-order valence-corrected chi connectivity index (χ0v) is 25.7. The van der Waals surface area contributed by atoms with Crippen molar-refractivity contribution in [2.75, 3.05) is 33.4 Å². The van der Waals surface area contributed by atoms with Crippen LogP contribution in [0.2, 0.25) is 0 Å². The molecule has 0 bridgehead atoms. The summed E-state index contributed by atoms with van der Waals surface area (Å²) in [5.74, 6) is 0.594. The molecule has 1 atom stereocenters. The van der Waals surface area contributed by atoms with Crippen molar-refractivity contribution in [1.82, 2.24) is 9.47 Å². The minimum Gasteiger partial charge on any atom is -0.496 e. The van der Waals surface area contributed by atoms with Gasteiger partial charge in [-0.1, -0.05) is 53.8 Å². The number of amides is 1. The van der Waals surface area contributed by atoms with Gasteiger partial charge in [0.2, 0.25) is 0 Å². The number of nitrogens with zero attached hydrogens (tertiary/aromatic N) is 3. The number of methoxy groups -OCH3 is 1. The molecule has 226 valence electrons. The highest BCUT2D eigenvalue weighted by atomic mass is 32.1. The van der Waals surface area contributed by atoms with E-state index in [2.05, 4.69) is 0 Å². The van der Waals surface area contributed by atoms with E-state index in [1.165, 1.54) is 11.3 Å². The van der Waals surface area contributed by atoms with E-state index >= 15 is 0 Å². The summed E-state index contributed by atoms with van der Waals surface area (Å²) >= 11 is 1.26. The summed E-state index contributed by atoms with van der Waals surface area (Å²) in [6.07, 6.45) is 3.86. The Morgan fingerprint density at radius 1 is 1.05 bits per heavy atom. The van der Waals surface area contributed by atoms with Crippen LogP contribution in [0.25, 0.3) is 16.8 Å². The molecule has 1 amide bonds. The number of fused-ring (bicyclic) bond motifs is 2. The molecule has 1 aromatic heterocycles. The fraction of sp³-hybridized carbons (Fsp3) is 0.294. The van der Waals surface area contributed by atoms with E-state index in [0.717, 1.165) is 42.3 Å². The molecule has 3 aromatic carbocycles. The van der Waals surface area contributed by atoms with Gasteiger partial charge in [-0.05, 0) is 67.3 Å². The number of allylic oxidation sites excluding steroid dienone is 1. The van der Waals surface area contributed by atoms with Gasteiger partial charge in [0.05, 0.1) is 29.5 Å². The highest BCUT2D eigenvalue weighted by Gasteiger charge is 2.36. The molecule has 4 aromatic rings. The first kappa shape index (κ1) is 29.4. The van der Waals surface area contributed by atoms with Crippen molar-refractivity contribution in [2.24, 2.45) is 4.99 Å². The van der Waals surface area contributed by atoms with Crippen molar-refractivity contribution in [3.63, 3.8) is 0 Å². The van der Waals surface area contributed by atoms with Gasteiger partial charge in [0.25, 0.3) is 11.5 Å². The summed E-state index contributed by atoms with van der Waals surface area (Å²) < 4.78 is 19.0. The molecular formula is C34H33N3O6S. The third-order valence-electron chi connectivity index (χ3n) is 7.94. The topological polar surface area (TPSA) is 99.4 Å². The number of ether oxygens (including phenoxy) is 3. The van der Waals surface area contributed by atoms with Crippen molar-refractivity contribution >= 4 is 40.1 Å². The molecule has 6 rings (SSSR count). The van der Waals surface area contributed by atoms with Crippen LogP contribution in [0.15, 0.2) is 81.7 Å². The molecule has 1 saturated heterocycles. The number of thiazole rings is 1. The lowest BCUT2D eigenvalue weighted by Crippen LogP contribution is -2.40. The molecule has 3 heterocycles. The number of hydrogen-bond donors (Lipinski definition) is 0. The van der Waals surface area contributed by atoms with Gasteiger partial charge < -0.3 is 19.1 Å².